The zero-order valence-electron chi connectivity index (χ0n) is 13.3. The van der Waals surface area contributed by atoms with Crippen LogP contribution in [0.25, 0.3) is 0 Å². The van der Waals surface area contributed by atoms with Crippen LogP contribution in [0.5, 0.6) is 0 Å². The number of tetrazole rings is 1. The van der Waals surface area contributed by atoms with Gasteiger partial charge in [-0.3, -0.25) is 4.79 Å². The van der Waals surface area contributed by atoms with Crippen LogP contribution >= 0.6 is 11.8 Å². The summed E-state index contributed by atoms with van der Waals surface area (Å²) >= 11 is 1.36. The Morgan fingerprint density at radius 3 is 2.55 bits per heavy atom. The van der Waals surface area contributed by atoms with Crippen LogP contribution in [0.4, 0.5) is 5.69 Å². The minimum atomic E-state index is -0.283. The van der Waals surface area contributed by atoms with Gasteiger partial charge in [0.1, 0.15) is 0 Å². The summed E-state index contributed by atoms with van der Waals surface area (Å²) in [6.45, 7) is 7.95. The first kappa shape index (κ1) is 16.5. The molecule has 7 heteroatoms. The maximum absolute atomic E-state index is 12.3. The number of thioether (sulfide) groups is 1. The number of nitrogens with one attached hydrogen (secondary N) is 1. The second-order valence-electron chi connectivity index (χ2n) is 5.30. The van der Waals surface area contributed by atoms with Gasteiger partial charge in [-0.2, -0.15) is 0 Å². The van der Waals surface area contributed by atoms with Crippen LogP contribution in [0.3, 0.4) is 0 Å². The van der Waals surface area contributed by atoms with E-state index in [2.05, 4.69) is 27.8 Å². The summed E-state index contributed by atoms with van der Waals surface area (Å²) in [5.41, 5.74) is 2.05. The summed E-state index contributed by atoms with van der Waals surface area (Å²) in [6.07, 6.45) is 0.984. The van der Waals surface area contributed by atoms with Crippen molar-refractivity contribution in [1.29, 1.82) is 0 Å². The fourth-order valence-corrected chi connectivity index (χ4v) is 2.79. The normalized spacial score (nSPS) is 12.4. The molecule has 1 heterocycles. The van der Waals surface area contributed by atoms with Crippen molar-refractivity contribution in [2.24, 2.45) is 0 Å². The second kappa shape index (κ2) is 7.40. The van der Waals surface area contributed by atoms with Gasteiger partial charge in [0.25, 0.3) is 0 Å². The Hall–Kier alpha value is -1.89. The Balaban J connectivity index is 1.98. The smallest absolute Gasteiger partial charge is 0.237 e. The van der Waals surface area contributed by atoms with Crippen LogP contribution in [0.2, 0.25) is 0 Å². The maximum Gasteiger partial charge on any atom is 0.237 e. The number of amides is 1. The molecule has 1 atom stereocenters. The topological polar surface area (TPSA) is 72.7 Å². The fraction of sp³-hybridized carbons (Fsp3) is 0.467. The summed E-state index contributed by atoms with van der Waals surface area (Å²) in [6, 6.07) is 8.05. The Bertz CT molecular complexity index is 623. The molecule has 0 fully saturated rings. The van der Waals surface area contributed by atoms with Crippen molar-refractivity contribution in [2.75, 3.05) is 5.32 Å². The molecule has 2 rings (SSSR count). The average Bonchev–Trinajstić information content (AvgIpc) is 2.96. The van der Waals surface area contributed by atoms with E-state index in [1.807, 2.05) is 45.0 Å². The molecule has 2 aromatic rings. The number of carbonyl (C=O) groups is 1. The van der Waals surface area contributed by atoms with E-state index in [4.69, 9.17) is 0 Å². The minimum absolute atomic E-state index is 0.0624. The molecule has 0 spiro atoms. The standard InChI is InChI=1S/C15H21N5OS/c1-5-12-6-8-13(9-7-12)16-14(21)11(4)22-15-17-18-19-20(15)10(2)3/h6-11H,5H2,1-4H3,(H,16,21)/t11-/m1/s1. The second-order valence-corrected chi connectivity index (χ2v) is 6.61. The molecule has 0 aliphatic heterocycles. The molecule has 6 nitrogen and oxygen atoms in total. The number of anilines is 1. The molecular formula is C15H21N5OS. The molecule has 1 amide bonds. The number of aromatic nitrogens is 4. The minimum Gasteiger partial charge on any atom is -0.325 e. The largest absolute Gasteiger partial charge is 0.325 e. The van der Waals surface area contributed by atoms with E-state index in [1.54, 1.807) is 4.68 Å². The highest BCUT2D eigenvalue weighted by atomic mass is 32.2. The number of nitrogens with zero attached hydrogens (tertiary/aromatic N) is 4. The fourth-order valence-electron chi connectivity index (χ4n) is 1.87. The third kappa shape index (κ3) is 4.07. The Morgan fingerprint density at radius 2 is 1.95 bits per heavy atom. The third-order valence-electron chi connectivity index (χ3n) is 3.23. The van der Waals surface area contributed by atoms with Gasteiger partial charge in [0.2, 0.25) is 11.1 Å². The molecule has 1 aromatic carbocycles. The molecule has 0 bridgehead atoms. The van der Waals surface area contributed by atoms with E-state index in [-0.39, 0.29) is 17.2 Å². The summed E-state index contributed by atoms with van der Waals surface area (Å²) in [4.78, 5) is 12.3. The van der Waals surface area contributed by atoms with Crippen molar-refractivity contribution in [3.63, 3.8) is 0 Å². The summed E-state index contributed by atoms with van der Waals surface area (Å²) < 4.78 is 1.71. The summed E-state index contributed by atoms with van der Waals surface area (Å²) in [5, 5.41) is 14.9. The first-order chi connectivity index (χ1) is 10.5. The average molecular weight is 319 g/mol. The summed E-state index contributed by atoms with van der Waals surface area (Å²) in [7, 11) is 0. The first-order valence-corrected chi connectivity index (χ1v) is 8.23. The molecular weight excluding hydrogens is 298 g/mol. The number of aryl methyl sites for hydroxylation is 1. The van der Waals surface area contributed by atoms with Crippen molar-refractivity contribution >= 4 is 23.4 Å². The molecule has 22 heavy (non-hydrogen) atoms. The van der Waals surface area contributed by atoms with Gasteiger partial charge in [0.05, 0.1) is 11.3 Å². The first-order valence-electron chi connectivity index (χ1n) is 7.35. The van der Waals surface area contributed by atoms with Crippen molar-refractivity contribution in [1.82, 2.24) is 20.2 Å². The number of hydrogen-bond donors (Lipinski definition) is 1. The van der Waals surface area contributed by atoms with Crippen molar-refractivity contribution in [3.8, 4) is 0 Å². The predicted octanol–water partition coefficient (Wildman–Crippen LogP) is 2.94. The van der Waals surface area contributed by atoms with E-state index >= 15 is 0 Å². The molecule has 0 aliphatic carbocycles. The number of hydrogen-bond acceptors (Lipinski definition) is 5. The highest BCUT2D eigenvalue weighted by molar-refractivity contribution is 8.00. The van der Waals surface area contributed by atoms with Gasteiger partial charge < -0.3 is 5.32 Å². The van der Waals surface area contributed by atoms with E-state index in [0.717, 1.165) is 12.1 Å². The van der Waals surface area contributed by atoms with Crippen LogP contribution in [-0.2, 0) is 11.2 Å². The lowest BCUT2D eigenvalue weighted by Gasteiger charge is -2.13. The molecule has 0 aliphatic rings. The molecule has 0 radical (unpaired) electrons. The van der Waals surface area contributed by atoms with Crippen molar-refractivity contribution < 1.29 is 4.79 Å². The van der Waals surface area contributed by atoms with Crippen LogP contribution in [0.15, 0.2) is 29.4 Å². The van der Waals surface area contributed by atoms with Gasteiger partial charge in [-0.05, 0) is 55.3 Å². The molecule has 1 aromatic heterocycles. The molecule has 0 saturated heterocycles. The molecule has 0 saturated carbocycles. The lowest BCUT2D eigenvalue weighted by atomic mass is 10.1. The Kier molecular flexibility index (Phi) is 5.54. The van der Waals surface area contributed by atoms with Gasteiger partial charge in [-0.1, -0.05) is 30.8 Å². The number of benzene rings is 1. The zero-order chi connectivity index (χ0) is 16.1. The van der Waals surface area contributed by atoms with Crippen LogP contribution < -0.4 is 5.32 Å². The lowest BCUT2D eigenvalue weighted by Crippen LogP contribution is -2.23. The van der Waals surface area contributed by atoms with Crippen LogP contribution in [-0.4, -0.2) is 31.4 Å². The molecule has 1 N–H and O–H groups in total. The van der Waals surface area contributed by atoms with E-state index in [0.29, 0.717) is 5.16 Å². The Labute approximate surface area is 134 Å². The van der Waals surface area contributed by atoms with Gasteiger partial charge in [-0.25, -0.2) is 4.68 Å². The van der Waals surface area contributed by atoms with Gasteiger partial charge >= 0.3 is 0 Å². The monoisotopic (exact) mass is 319 g/mol. The van der Waals surface area contributed by atoms with Crippen LogP contribution in [0.1, 0.15) is 39.3 Å². The number of carbonyl (C=O) groups excluding carboxylic acids is 1. The predicted molar refractivity (Wildman–Crippen MR) is 88.0 cm³/mol. The van der Waals surface area contributed by atoms with E-state index < -0.39 is 0 Å². The highest BCUT2D eigenvalue weighted by Gasteiger charge is 2.19. The van der Waals surface area contributed by atoms with E-state index in [9.17, 15) is 4.79 Å². The highest BCUT2D eigenvalue weighted by Crippen LogP contribution is 2.23. The van der Waals surface area contributed by atoms with Gasteiger partial charge in [0.15, 0.2) is 0 Å². The van der Waals surface area contributed by atoms with Gasteiger partial charge in [-0.15, -0.1) is 5.10 Å². The van der Waals surface area contributed by atoms with Crippen molar-refractivity contribution in [3.05, 3.63) is 29.8 Å². The maximum atomic E-state index is 12.3. The zero-order valence-corrected chi connectivity index (χ0v) is 14.1. The van der Waals surface area contributed by atoms with Crippen molar-refractivity contribution in [2.45, 2.75) is 50.6 Å². The molecule has 118 valence electrons. The third-order valence-corrected chi connectivity index (χ3v) is 4.28. The lowest BCUT2D eigenvalue weighted by molar-refractivity contribution is -0.115. The van der Waals surface area contributed by atoms with E-state index in [1.165, 1.54) is 17.3 Å². The molecule has 0 unspecified atom stereocenters. The van der Waals surface area contributed by atoms with Crippen LogP contribution in [0, 0.1) is 0 Å². The summed E-state index contributed by atoms with van der Waals surface area (Å²) in [5.74, 6) is -0.0624. The quantitative estimate of drug-likeness (QED) is 0.829. The van der Waals surface area contributed by atoms with Gasteiger partial charge in [0, 0.05) is 5.69 Å². The number of rotatable bonds is 6. The SMILES string of the molecule is CCc1ccc(NC(=O)[C@@H](C)Sc2nnnn2C(C)C)cc1. The Morgan fingerprint density at radius 1 is 1.27 bits per heavy atom.